The molecule has 5 nitrogen and oxygen atoms in total. The zero-order valence-corrected chi connectivity index (χ0v) is 13.0. The molecule has 0 bridgehead atoms. The van der Waals surface area contributed by atoms with Crippen molar-refractivity contribution in [2.75, 3.05) is 12.4 Å². The summed E-state index contributed by atoms with van der Waals surface area (Å²) in [7, 11) is 1.25. The second-order valence-corrected chi connectivity index (χ2v) is 5.03. The Bertz CT molecular complexity index is 754. The van der Waals surface area contributed by atoms with E-state index >= 15 is 0 Å². The van der Waals surface area contributed by atoms with Gasteiger partial charge in [-0.25, -0.2) is 4.79 Å². The Kier molecular flexibility index (Phi) is 5.38. The number of rotatable bonds is 4. The van der Waals surface area contributed by atoms with Crippen molar-refractivity contribution in [2.24, 2.45) is 0 Å². The van der Waals surface area contributed by atoms with Gasteiger partial charge in [0, 0.05) is 11.1 Å². The number of halogens is 1. The van der Waals surface area contributed by atoms with Gasteiger partial charge in [-0.1, -0.05) is 23.7 Å². The summed E-state index contributed by atoms with van der Waals surface area (Å²) in [5.41, 5.74) is 1.21. The van der Waals surface area contributed by atoms with Gasteiger partial charge in [0.25, 0.3) is 0 Å². The molecule has 1 amide bonds. The lowest BCUT2D eigenvalue weighted by Crippen LogP contribution is -2.08. The van der Waals surface area contributed by atoms with Crippen LogP contribution in [0, 0.1) is 0 Å². The molecule has 0 aromatic heterocycles. The van der Waals surface area contributed by atoms with Crippen molar-refractivity contribution in [1.82, 2.24) is 0 Å². The lowest BCUT2D eigenvalue weighted by molar-refractivity contribution is -0.111. The van der Waals surface area contributed by atoms with Gasteiger partial charge in [0.2, 0.25) is 5.91 Å². The lowest BCUT2D eigenvalue weighted by Gasteiger charge is -2.06. The maximum atomic E-state index is 11.9. The number of benzene rings is 2. The van der Waals surface area contributed by atoms with Gasteiger partial charge in [-0.2, -0.15) is 0 Å². The van der Waals surface area contributed by atoms with Crippen molar-refractivity contribution in [3.05, 3.63) is 64.7 Å². The number of nitrogens with one attached hydrogen (secondary N) is 1. The van der Waals surface area contributed by atoms with E-state index in [1.165, 1.54) is 31.4 Å². The molecule has 2 aromatic rings. The van der Waals surface area contributed by atoms with Crippen molar-refractivity contribution in [2.45, 2.75) is 0 Å². The molecule has 0 fully saturated rings. The van der Waals surface area contributed by atoms with Gasteiger partial charge in [0.1, 0.15) is 5.75 Å². The average molecular weight is 332 g/mol. The zero-order chi connectivity index (χ0) is 16.8. The second kappa shape index (κ2) is 7.47. The summed E-state index contributed by atoms with van der Waals surface area (Å²) in [6.07, 6.45) is 2.95. The Balaban J connectivity index is 2.05. The molecular formula is C17H14ClNO4. The van der Waals surface area contributed by atoms with Crippen molar-refractivity contribution in [1.29, 1.82) is 0 Å². The molecule has 0 aliphatic rings. The normalized spacial score (nSPS) is 10.5. The van der Waals surface area contributed by atoms with Gasteiger partial charge in [-0.3, -0.25) is 4.79 Å². The zero-order valence-electron chi connectivity index (χ0n) is 12.2. The van der Waals surface area contributed by atoms with Gasteiger partial charge in [0.15, 0.2) is 0 Å². The number of ether oxygens (including phenoxy) is 1. The van der Waals surface area contributed by atoms with E-state index in [1.54, 1.807) is 30.3 Å². The first-order valence-electron chi connectivity index (χ1n) is 6.65. The Morgan fingerprint density at radius 2 is 1.87 bits per heavy atom. The molecule has 0 heterocycles. The van der Waals surface area contributed by atoms with Crippen LogP contribution in [-0.2, 0) is 9.53 Å². The van der Waals surface area contributed by atoms with Crippen LogP contribution in [0.15, 0.2) is 48.5 Å². The minimum Gasteiger partial charge on any atom is -0.506 e. The summed E-state index contributed by atoms with van der Waals surface area (Å²) < 4.78 is 4.55. The van der Waals surface area contributed by atoms with Crippen LogP contribution in [0.1, 0.15) is 15.9 Å². The SMILES string of the molecule is COC(=O)c1ccc(NC(=O)/C=C/c2ccc(Cl)cc2)c(O)c1. The molecule has 6 heteroatoms. The first-order chi connectivity index (χ1) is 11.0. The minimum absolute atomic E-state index is 0.194. The monoisotopic (exact) mass is 331 g/mol. The highest BCUT2D eigenvalue weighted by atomic mass is 35.5. The third kappa shape index (κ3) is 4.59. The summed E-state index contributed by atoms with van der Waals surface area (Å²) >= 11 is 5.78. The van der Waals surface area contributed by atoms with Gasteiger partial charge in [-0.15, -0.1) is 0 Å². The summed E-state index contributed by atoms with van der Waals surface area (Å²) in [6.45, 7) is 0. The number of methoxy groups -OCH3 is 1. The number of hydrogen-bond donors (Lipinski definition) is 2. The minimum atomic E-state index is -0.569. The number of carbonyl (C=O) groups excluding carboxylic acids is 2. The Hall–Kier alpha value is -2.79. The Labute approximate surface area is 138 Å². The van der Waals surface area contributed by atoms with Crippen molar-refractivity contribution < 1.29 is 19.4 Å². The molecule has 0 saturated heterocycles. The molecule has 23 heavy (non-hydrogen) atoms. The third-order valence-electron chi connectivity index (χ3n) is 2.97. The van der Waals surface area contributed by atoms with Crippen LogP contribution >= 0.6 is 11.6 Å². The molecular weight excluding hydrogens is 318 g/mol. The van der Waals surface area contributed by atoms with Crippen LogP contribution in [0.25, 0.3) is 6.08 Å². The summed E-state index contributed by atoms with van der Waals surface area (Å²) in [6, 6.07) is 11.1. The van der Waals surface area contributed by atoms with Crippen molar-refractivity contribution >= 4 is 35.2 Å². The van der Waals surface area contributed by atoms with Crippen LogP contribution in [-0.4, -0.2) is 24.1 Å². The molecule has 0 aliphatic carbocycles. The van der Waals surface area contributed by atoms with Crippen LogP contribution in [0.2, 0.25) is 5.02 Å². The Morgan fingerprint density at radius 3 is 2.48 bits per heavy atom. The summed E-state index contributed by atoms with van der Waals surface area (Å²) in [5, 5.41) is 13.0. The smallest absolute Gasteiger partial charge is 0.337 e. The quantitative estimate of drug-likeness (QED) is 0.511. The fraction of sp³-hybridized carbons (Fsp3) is 0.0588. The number of anilines is 1. The van der Waals surface area contributed by atoms with Gasteiger partial charge in [-0.05, 0) is 42.0 Å². The number of amides is 1. The molecule has 0 saturated carbocycles. The molecule has 0 spiro atoms. The molecule has 0 aliphatic heterocycles. The molecule has 2 aromatic carbocycles. The first kappa shape index (κ1) is 16.6. The van der Waals surface area contributed by atoms with E-state index in [4.69, 9.17) is 11.6 Å². The average Bonchev–Trinajstić information content (AvgIpc) is 2.55. The maximum Gasteiger partial charge on any atom is 0.337 e. The summed E-state index contributed by atoms with van der Waals surface area (Å²) in [5.74, 6) is -1.21. The van der Waals surface area contributed by atoms with Crippen LogP contribution in [0.3, 0.4) is 0 Å². The van der Waals surface area contributed by atoms with E-state index < -0.39 is 11.9 Å². The van der Waals surface area contributed by atoms with E-state index in [0.717, 1.165) is 5.56 Å². The van der Waals surface area contributed by atoms with Crippen LogP contribution in [0.4, 0.5) is 5.69 Å². The van der Waals surface area contributed by atoms with E-state index in [9.17, 15) is 14.7 Å². The standard InChI is InChI=1S/C17H14ClNO4/c1-23-17(22)12-5-8-14(15(20)10-12)19-16(21)9-4-11-2-6-13(18)7-3-11/h2-10,20H,1H3,(H,19,21)/b9-4+. The fourth-order valence-corrected chi connectivity index (χ4v) is 1.93. The van der Waals surface area contributed by atoms with Crippen LogP contribution < -0.4 is 5.32 Å². The van der Waals surface area contributed by atoms with Crippen molar-refractivity contribution in [3.63, 3.8) is 0 Å². The number of phenols is 1. The third-order valence-corrected chi connectivity index (χ3v) is 3.23. The van der Waals surface area contributed by atoms with E-state index in [2.05, 4.69) is 10.1 Å². The summed E-state index contributed by atoms with van der Waals surface area (Å²) in [4.78, 5) is 23.2. The number of esters is 1. The maximum absolute atomic E-state index is 11.9. The Morgan fingerprint density at radius 1 is 1.17 bits per heavy atom. The van der Waals surface area contributed by atoms with Crippen molar-refractivity contribution in [3.8, 4) is 5.75 Å². The topological polar surface area (TPSA) is 75.6 Å². The molecule has 0 atom stereocenters. The van der Waals surface area contributed by atoms with Gasteiger partial charge in [0.05, 0.1) is 18.4 Å². The predicted molar refractivity (Wildman–Crippen MR) is 88.6 cm³/mol. The number of carbonyl (C=O) groups is 2. The highest BCUT2D eigenvalue weighted by Gasteiger charge is 2.10. The molecule has 0 unspecified atom stereocenters. The van der Waals surface area contributed by atoms with Gasteiger partial charge < -0.3 is 15.2 Å². The first-order valence-corrected chi connectivity index (χ1v) is 7.03. The van der Waals surface area contributed by atoms with E-state index in [-0.39, 0.29) is 17.0 Å². The number of hydrogen-bond acceptors (Lipinski definition) is 4. The van der Waals surface area contributed by atoms with E-state index in [0.29, 0.717) is 5.02 Å². The number of aromatic hydroxyl groups is 1. The fourth-order valence-electron chi connectivity index (χ4n) is 1.80. The highest BCUT2D eigenvalue weighted by molar-refractivity contribution is 6.30. The molecule has 118 valence electrons. The molecule has 0 radical (unpaired) electrons. The predicted octanol–water partition coefficient (Wildman–Crippen LogP) is 3.48. The highest BCUT2D eigenvalue weighted by Crippen LogP contribution is 2.24. The largest absolute Gasteiger partial charge is 0.506 e. The second-order valence-electron chi connectivity index (χ2n) is 4.60. The van der Waals surface area contributed by atoms with E-state index in [1.807, 2.05) is 0 Å². The molecule has 2 rings (SSSR count). The van der Waals surface area contributed by atoms with Gasteiger partial charge >= 0.3 is 5.97 Å². The lowest BCUT2D eigenvalue weighted by atomic mass is 10.2. The number of phenolic OH excluding ortho intramolecular Hbond substituents is 1. The molecule has 2 N–H and O–H groups in total. The van der Waals surface area contributed by atoms with Crippen LogP contribution in [0.5, 0.6) is 5.75 Å².